The maximum Gasteiger partial charge on any atom is 0.317 e. The van der Waals surface area contributed by atoms with Gasteiger partial charge in [0, 0.05) is 0 Å². The van der Waals surface area contributed by atoms with Crippen LogP contribution in [0.4, 0.5) is 0 Å². The highest BCUT2D eigenvalue weighted by molar-refractivity contribution is 5.82. The molecule has 11 N–H and O–H groups in total. The molecule has 8 fully saturated rings. The molecular formula is C46H70O20. The Balaban J connectivity index is 1.02. The van der Waals surface area contributed by atoms with Crippen molar-refractivity contribution in [2.24, 2.45) is 50.2 Å². The zero-order chi connectivity index (χ0) is 47.8. The standard InChI is InChI=1S/C46H70O20/c1-41(2)10-11-45(39(58)66-38-34(29(53)22(50)17-61-38)64-36-32(56)28(52)21(49)16-60-36)20(12-41)19-6-7-25-42(3)13-23-35(65-37-33(57)31(55)30(54)24(15-47)62-37)46(18-48,40(59)63-23)26(42)8-9-43(25,4)44(19,5)14-27(45)51/h6,20-38,47-57H,7-18H2,1-5H3/t20-,21-,22-,23-,24+,25+,26+,27+,28-,29-,30+,31-,32+,33+,34+,35-,36-,37-,38-,42+,43+,44+,45+,46+/m0/s1. The fourth-order valence-corrected chi connectivity index (χ4v) is 15.0. The monoisotopic (exact) mass is 942 g/mol. The van der Waals surface area contributed by atoms with E-state index in [1.165, 1.54) is 0 Å². The molecule has 20 nitrogen and oxygen atoms in total. The van der Waals surface area contributed by atoms with E-state index in [2.05, 4.69) is 40.7 Å². The van der Waals surface area contributed by atoms with E-state index in [0.717, 1.165) is 5.57 Å². The average molecular weight is 943 g/mol. The third-order valence-electron chi connectivity index (χ3n) is 18.9. The van der Waals surface area contributed by atoms with Crippen LogP contribution in [-0.2, 0) is 42.7 Å². The fraction of sp³-hybridized carbons (Fsp3) is 0.913. The van der Waals surface area contributed by atoms with Gasteiger partial charge in [0.05, 0.1) is 32.5 Å². The number of aliphatic hydroxyl groups is 11. The van der Waals surface area contributed by atoms with Gasteiger partial charge < -0.3 is 89.3 Å². The maximum atomic E-state index is 15.1. The van der Waals surface area contributed by atoms with Crippen LogP contribution in [0.25, 0.3) is 0 Å². The Kier molecular flexibility index (Phi) is 12.5. The number of carbonyl (C=O) groups is 2. The quantitative estimate of drug-likeness (QED) is 0.0704. The topological polar surface area (TPSA) is 321 Å². The number of rotatable bonds is 8. The van der Waals surface area contributed by atoms with Crippen LogP contribution < -0.4 is 0 Å². The Bertz CT molecular complexity index is 1900. The van der Waals surface area contributed by atoms with Gasteiger partial charge in [-0.3, -0.25) is 9.59 Å². The number of carbonyl (C=O) groups excluding carboxylic acids is 2. The van der Waals surface area contributed by atoms with E-state index in [4.69, 9.17) is 33.2 Å². The van der Waals surface area contributed by atoms with Gasteiger partial charge >= 0.3 is 11.9 Å². The first-order valence-electron chi connectivity index (χ1n) is 23.6. The third-order valence-corrected chi connectivity index (χ3v) is 18.9. The largest absolute Gasteiger partial charge is 0.459 e. The van der Waals surface area contributed by atoms with E-state index in [0.29, 0.717) is 38.5 Å². The molecule has 4 heterocycles. The SMILES string of the molecule is CC1(C)CC[C@]2(C(=O)O[C@@H]3OC[C@H](O)[C@H](O)[C@H]3O[C@@H]3OC[C@H](O)[C@H](O)[C@H]3O)[C@H](O)C[C@]3(C)C(=CC[C@@H]4[C@@]5(C)C[C@@H]6OC(=O)[C@](CO)([C@@H]5CC[C@]43C)[C@H]6O[C@@H]3O[C@H](CO)[C@@H](O)[C@H](O)[C@H]3O)[C@@H]2C1. The Morgan fingerprint density at radius 1 is 0.742 bits per heavy atom. The van der Waals surface area contributed by atoms with Crippen molar-refractivity contribution in [1.82, 2.24) is 0 Å². The van der Waals surface area contributed by atoms with Gasteiger partial charge in [0.15, 0.2) is 18.7 Å². The average Bonchev–Trinajstić information content (AvgIpc) is 3.46. The van der Waals surface area contributed by atoms with Crippen LogP contribution in [-0.4, -0.2) is 193 Å². The van der Waals surface area contributed by atoms with Gasteiger partial charge in [-0.25, -0.2) is 0 Å². The van der Waals surface area contributed by atoms with Crippen molar-refractivity contribution >= 4 is 11.9 Å². The number of aliphatic hydroxyl groups excluding tert-OH is 11. The Morgan fingerprint density at radius 3 is 2.09 bits per heavy atom. The van der Waals surface area contributed by atoms with Crippen LogP contribution in [0.15, 0.2) is 11.6 Å². The minimum atomic E-state index is -1.75. The number of esters is 2. The summed E-state index contributed by atoms with van der Waals surface area (Å²) >= 11 is 0. The number of fused-ring (bicyclic) bond motifs is 10. The second kappa shape index (κ2) is 16.8. The molecule has 9 rings (SSSR count). The number of hydrogen-bond donors (Lipinski definition) is 11. The minimum Gasteiger partial charge on any atom is -0.459 e. The molecule has 4 saturated carbocycles. The van der Waals surface area contributed by atoms with Crippen LogP contribution in [0.2, 0.25) is 0 Å². The van der Waals surface area contributed by atoms with Crippen LogP contribution in [0.1, 0.15) is 86.0 Å². The molecule has 0 aromatic heterocycles. The zero-order valence-corrected chi connectivity index (χ0v) is 38.1. The van der Waals surface area contributed by atoms with E-state index in [9.17, 15) is 61.0 Å². The van der Waals surface area contributed by atoms with Crippen LogP contribution >= 0.6 is 0 Å². The Hall–Kier alpha value is -1.96. The van der Waals surface area contributed by atoms with Gasteiger partial charge in [-0.05, 0) is 90.8 Å². The highest BCUT2D eigenvalue weighted by atomic mass is 16.8. The second-order valence-electron chi connectivity index (χ2n) is 22.6. The Labute approximate surface area is 382 Å². The number of allylic oxidation sites excluding steroid dienone is 2. The first-order chi connectivity index (χ1) is 30.9. The van der Waals surface area contributed by atoms with Crippen molar-refractivity contribution < 1.29 is 98.9 Å². The van der Waals surface area contributed by atoms with E-state index in [1.807, 2.05) is 0 Å². The molecule has 24 atom stereocenters. The molecule has 4 saturated heterocycles. The van der Waals surface area contributed by atoms with Crippen molar-refractivity contribution in [2.75, 3.05) is 26.4 Å². The number of ether oxygens (including phenoxy) is 7. The van der Waals surface area contributed by atoms with Crippen molar-refractivity contribution in [1.29, 1.82) is 0 Å². The summed E-state index contributed by atoms with van der Waals surface area (Å²) < 4.78 is 41.2. The van der Waals surface area contributed by atoms with E-state index in [1.54, 1.807) is 0 Å². The molecule has 0 radical (unpaired) electrons. The van der Waals surface area contributed by atoms with E-state index >= 15 is 4.79 Å². The molecule has 0 aromatic carbocycles. The predicted molar refractivity (Wildman–Crippen MR) is 221 cm³/mol. The zero-order valence-electron chi connectivity index (χ0n) is 38.1. The molecule has 9 aliphatic rings. The van der Waals surface area contributed by atoms with Gasteiger partial charge in [0.2, 0.25) is 6.29 Å². The van der Waals surface area contributed by atoms with Crippen molar-refractivity contribution in [2.45, 2.75) is 184 Å². The summed E-state index contributed by atoms with van der Waals surface area (Å²) in [5.41, 5.74) is -4.18. The summed E-state index contributed by atoms with van der Waals surface area (Å²) in [5, 5.41) is 118. The summed E-state index contributed by atoms with van der Waals surface area (Å²) in [6.45, 7) is 8.57. The molecule has 0 unspecified atom stereocenters. The summed E-state index contributed by atoms with van der Waals surface area (Å²) in [6, 6.07) is 0. The highest BCUT2D eigenvalue weighted by Gasteiger charge is 2.77. The van der Waals surface area contributed by atoms with Crippen LogP contribution in [0.5, 0.6) is 0 Å². The fourth-order valence-electron chi connectivity index (χ4n) is 15.0. The highest BCUT2D eigenvalue weighted by Crippen LogP contribution is 2.77. The first kappa shape index (κ1) is 49.0. The molecule has 0 amide bonds. The molecule has 5 aliphatic carbocycles. The smallest absolute Gasteiger partial charge is 0.317 e. The van der Waals surface area contributed by atoms with Gasteiger partial charge in [0.1, 0.15) is 78.0 Å². The molecule has 0 spiro atoms. The lowest BCUT2D eigenvalue weighted by molar-refractivity contribution is -0.340. The minimum absolute atomic E-state index is 0.129. The summed E-state index contributed by atoms with van der Waals surface area (Å²) in [5.74, 6) is -2.56. The molecule has 374 valence electrons. The van der Waals surface area contributed by atoms with Crippen LogP contribution in [0, 0.1) is 50.2 Å². The van der Waals surface area contributed by atoms with Gasteiger partial charge in [-0.2, -0.15) is 0 Å². The number of hydrogen-bond acceptors (Lipinski definition) is 20. The van der Waals surface area contributed by atoms with Gasteiger partial charge in [0.25, 0.3) is 0 Å². The van der Waals surface area contributed by atoms with Crippen molar-refractivity contribution in [3.8, 4) is 0 Å². The lowest BCUT2D eigenvalue weighted by atomic mass is 9.33. The van der Waals surface area contributed by atoms with Crippen molar-refractivity contribution in [3.05, 3.63) is 11.6 Å². The molecule has 4 aliphatic heterocycles. The summed E-state index contributed by atoms with van der Waals surface area (Å²) in [6.07, 6.45) is -18.3. The lowest BCUT2D eigenvalue weighted by Gasteiger charge is -2.71. The first-order valence-corrected chi connectivity index (χ1v) is 23.6. The van der Waals surface area contributed by atoms with Gasteiger partial charge in [-0.15, -0.1) is 0 Å². The molecule has 0 aromatic rings. The third kappa shape index (κ3) is 6.90. The molecule has 20 heteroatoms. The van der Waals surface area contributed by atoms with Crippen LogP contribution in [0.3, 0.4) is 0 Å². The summed E-state index contributed by atoms with van der Waals surface area (Å²) in [4.78, 5) is 29.2. The van der Waals surface area contributed by atoms with E-state index < -0.39 is 175 Å². The normalized spacial score (nSPS) is 55.3. The second-order valence-corrected chi connectivity index (χ2v) is 22.6. The predicted octanol–water partition coefficient (Wildman–Crippen LogP) is -2.12. The van der Waals surface area contributed by atoms with Crippen molar-refractivity contribution in [3.63, 3.8) is 0 Å². The van der Waals surface area contributed by atoms with Gasteiger partial charge in [-0.1, -0.05) is 46.3 Å². The van der Waals surface area contributed by atoms with E-state index in [-0.39, 0.29) is 24.2 Å². The lowest BCUT2D eigenvalue weighted by Crippen LogP contribution is -2.70. The summed E-state index contributed by atoms with van der Waals surface area (Å²) in [7, 11) is 0. The molecular weight excluding hydrogens is 872 g/mol. The maximum absolute atomic E-state index is 15.1. The molecule has 66 heavy (non-hydrogen) atoms. The Morgan fingerprint density at radius 2 is 1.41 bits per heavy atom. The molecule has 2 bridgehead atoms.